The van der Waals surface area contributed by atoms with Gasteiger partial charge in [-0.3, -0.25) is 9.59 Å². The molecule has 0 spiro atoms. The van der Waals surface area contributed by atoms with Crippen molar-refractivity contribution in [2.24, 2.45) is 5.92 Å². The number of rotatable bonds is 8. The lowest BCUT2D eigenvalue weighted by Gasteiger charge is -2.37. The molecule has 1 aliphatic heterocycles. The van der Waals surface area contributed by atoms with E-state index in [1.807, 2.05) is 11.4 Å². The minimum absolute atomic E-state index is 0.0816. The van der Waals surface area contributed by atoms with E-state index in [1.165, 1.54) is 35.2 Å². The summed E-state index contributed by atoms with van der Waals surface area (Å²) >= 11 is 1.65. The number of halogens is 2. The Hall–Kier alpha value is -3.26. The Labute approximate surface area is 206 Å². The Balaban J connectivity index is 1.34. The number of fused-ring (bicyclic) bond motifs is 1. The van der Waals surface area contributed by atoms with Gasteiger partial charge in [0.1, 0.15) is 30.5 Å². The van der Waals surface area contributed by atoms with Gasteiger partial charge in [-0.1, -0.05) is 12.1 Å². The third-order valence-electron chi connectivity index (χ3n) is 6.48. The minimum Gasteiger partial charge on any atom is -0.491 e. The van der Waals surface area contributed by atoms with Crippen molar-refractivity contribution in [1.29, 1.82) is 0 Å². The average Bonchev–Trinajstić information content (AvgIpc) is 3.54. The van der Waals surface area contributed by atoms with Crippen LogP contribution in [-0.4, -0.2) is 47.9 Å². The van der Waals surface area contributed by atoms with E-state index >= 15 is 0 Å². The van der Waals surface area contributed by atoms with Gasteiger partial charge in [-0.15, -0.1) is 11.3 Å². The largest absolute Gasteiger partial charge is 0.491 e. The Kier molecular flexibility index (Phi) is 6.81. The quantitative estimate of drug-likeness (QED) is 0.437. The first-order chi connectivity index (χ1) is 17.0. The number of hydrogen-bond donors (Lipinski definition) is 0. The summed E-state index contributed by atoms with van der Waals surface area (Å²) in [4.78, 5) is 31.3. The molecule has 1 aromatic heterocycles. The third-order valence-corrected chi connectivity index (χ3v) is 7.48. The van der Waals surface area contributed by atoms with Crippen LogP contribution in [0.2, 0.25) is 0 Å². The molecule has 35 heavy (non-hydrogen) atoms. The van der Waals surface area contributed by atoms with Crippen molar-refractivity contribution in [3.63, 3.8) is 0 Å². The lowest BCUT2D eigenvalue weighted by Crippen LogP contribution is -2.48. The van der Waals surface area contributed by atoms with Crippen LogP contribution < -0.4 is 4.74 Å². The fourth-order valence-electron chi connectivity index (χ4n) is 4.50. The SMILES string of the molecule is O=C(c1cccc(F)c1)N(CC(=O)N1CCc2sccc2[C@H]1COc1cccc(F)c1)CC1CC1. The molecule has 1 aliphatic carbocycles. The molecular formula is C27H26F2N2O3S. The molecule has 2 aliphatic rings. The molecule has 1 saturated carbocycles. The second kappa shape index (κ2) is 10.2. The van der Waals surface area contributed by atoms with Gasteiger partial charge in [0.05, 0.1) is 6.04 Å². The summed E-state index contributed by atoms with van der Waals surface area (Å²) in [6.45, 7) is 1.08. The lowest BCUT2D eigenvalue weighted by atomic mass is 10.0. The van der Waals surface area contributed by atoms with E-state index < -0.39 is 5.82 Å². The van der Waals surface area contributed by atoms with Gasteiger partial charge in [-0.25, -0.2) is 8.78 Å². The Morgan fingerprint density at radius 2 is 1.83 bits per heavy atom. The van der Waals surface area contributed by atoms with Gasteiger partial charge in [-0.2, -0.15) is 0 Å². The molecule has 0 N–H and O–H groups in total. The molecule has 5 rings (SSSR count). The Morgan fingerprint density at radius 3 is 2.57 bits per heavy atom. The molecule has 1 atom stereocenters. The number of amides is 2. The summed E-state index contributed by atoms with van der Waals surface area (Å²) < 4.78 is 33.3. The maximum atomic E-state index is 13.7. The molecule has 2 aromatic carbocycles. The van der Waals surface area contributed by atoms with Gasteiger partial charge < -0.3 is 14.5 Å². The van der Waals surface area contributed by atoms with Crippen LogP contribution in [0.4, 0.5) is 8.78 Å². The molecule has 2 heterocycles. The maximum absolute atomic E-state index is 13.7. The topological polar surface area (TPSA) is 49.9 Å². The number of nitrogens with zero attached hydrogens (tertiary/aromatic N) is 2. The summed E-state index contributed by atoms with van der Waals surface area (Å²) in [6, 6.07) is 13.2. The van der Waals surface area contributed by atoms with Crippen molar-refractivity contribution in [2.75, 3.05) is 26.2 Å². The number of hydrogen-bond acceptors (Lipinski definition) is 4. The highest BCUT2D eigenvalue weighted by Gasteiger charge is 2.35. The molecule has 0 saturated heterocycles. The zero-order valence-corrected chi connectivity index (χ0v) is 20.0. The Morgan fingerprint density at radius 1 is 1.06 bits per heavy atom. The van der Waals surface area contributed by atoms with E-state index in [2.05, 4.69) is 0 Å². The second-order valence-corrected chi connectivity index (χ2v) is 10.1. The van der Waals surface area contributed by atoms with Crippen molar-refractivity contribution < 1.29 is 23.1 Å². The maximum Gasteiger partial charge on any atom is 0.254 e. The van der Waals surface area contributed by atoms with Gasteiger partial charge in [0, 0.05) is 29.6 Å². The summed E-state index contributed by atoms with van der Waals surface area (Å²) in [7, 11) is 0. The first-order valence-electron chi connectivity index (χ1n) is 11.8. The number of thiophene rings is 1. The first-order valence-corrected chi connectivity index (χ1v) is 12.6. The van der Waals surface area contributed by atoms with E-state index in [-0.39, 0.29) is 42.4 Å². The highest BCUT2D eigenvalue weighted by Crippen LogP contribution is 2.35. The molecule has 5 nitrogen and oxygen atoms in total. The van der Waals surface area contributed by atoms with Crippen LogP contribution in [0.3, 0.4) is 0 Å². The van der Waals surface area contributed by atoms with E-state index in [1.54, 1.807) is 39.3 Å². The zero-order chi connectivity index (χ0) is 24.4. The predicted octanol–water partition coefficient (Wildman–Crippen LogP) is 5.08. The molecular weight excluding hydrogens is 470 g/mol. The minimum atomic E-state index is -0.482. The van der Waals surface area contributed by atoms with Crippen LogP contribution in [0.5, 0.6) is 5.75 Å². The van der Waals surface area contributed by atoms with Crippen LogP contribution in [0.15, 0.2) is 60.0 Å². The Bertz CT molecular complexity index is 1230. The monoisotopic (exact) mass is 496 g/mol. The van der Waals surface area contributed by atoms with Crippen molar-refractivity contribution >= 4 is 23.2 Å². The van der Waals surface area contributed by atoms with E-state index in [9.17, 15) is 18.4 Å². The molecule has 1 fully saturated rings. The van der Waals surface area contributed by atoms with Gasteiger partial charge in [0.25, 0.3) is 5.91 Å². The first kappa shape index (κ1) is 23.5. The molecule has 8 heteroatoms. The fourth-order valence-corrected chi connectivity index (χ4v) is 5.42. The predicted molar refractivity (Wildman–Crippen MR) is 129 cm³/mol. The van der Waals surface area contributed by atoms with E-state index in [4.69, 9.17) is 4.74 Å². The van der Waals surface area contributed by atoms with Crippen LogP contribution in [0.25, 0.3) is 0 Å². The standard InChI is InChI=1S/C27H26F2N2O3S/c28-20-4-1-3-19(13-20)27(33)30(15-18-7-8-18)16-26(32)31-11-9-25-23(10-12-35-25)24(31)17-34-22-6-2-5-21(29)14-22/h1-6,10,12-14,18,24H,7-9,11,15-17H2/t24-/m1/s1. The van der Waals surface area contributed by atoms with Crippen LogP contribution in [0, 0.1) is 17.6 Å². The number of carbonyl (C=O) groups excluding carboxylic acids is 2. The molecule has 0 bridgehead atoms. The average molecular weight is 497 g/mol. The van der Waals surface area contributed by atoms with Crippen LogP contribution >= 0.6 is 11.3 Å². The van der Waals surface area contributed by atoms with Crippen molar-refractivity contribution in [3.05, 3.63) is 87.6 Å². The lowest BCUT2D eigenvalue weighted by molar-refractivity contribution is -0.135. The number of carbonyl (C=O) groups is 2. The summed E-state index contributed by atoms with van der Waals surface area (Å²) in [5, 5.41) is 2.00. The van der Waals surface area contributed by atoms with Crippen molar-refractivity contribution in [3.8, 4) is 5.75 Å². The summed E-state index contributed by atoms with van der Waals surface area (Å²) in [6.07, 6.45) is 2.77. The van der Waals surface area contributed by atoms with Gasteiger partial charge >= 0.3 is 0 Å². The summed E-state index contributed by atoms with van der Waals surface area (Å²) in [5.74, 6) is -0.620. The molecule has 0 unspecified atom stereocenters. The smallest absolute Gasteiger partial charge is 0.254 e. The molecule has 2 amide bonds. The highest BCUT2D eigenvalue weighted by molar-refractivity contribution is 7.10. The van der Waals surface area contributed by atoms with Gasteiger partial charge in [0.15, 0.2) is 0 Å². The second-order valence-electron chi connectivity index (χ2n) is 9.06. The van der Waals surface area contributed by atoms with Gasteiger partial charge in [-0.05, 0) is 72.5 Å². The zero-order valence-electron chi connectivity index (χ0n) is 19.2. The van der Waals surface area contributed by atoms with Crippen molar-refractivity contribution in [1.82, 2.24) is 9.80 Å². The molecule has 3 aromatic rings. The normalized spacial score (nSPS) is 17.1. The van der Waals surface area contributed by atoms with E-state index in [0.717, 1.165) is 24.8 Å². The van der Waals surface area contributed by atoms with Gasteiger partial charge in [0.2, 0.25) is 5.91 Å². The highest BCUT2D eigenvalue weighted by atomic mass is 32.1. The number of ether oxygens (including phenoxy) is 1. The third kappa shape index (κ3) is 5.53. The number of benzene rings is 2. The summed E-state index contributed by atoms with van der Waals surface area (Å²) in [5.41, 5.74) is 1.26. The molecule has 182 valence electrons. The molecule has 0 radical (unpaired) electrons. The van der Waals surface area contributed by atoms with Crippen LogP contribution in [-0.2, 0) is 11.2 Å². The fraction of sp³-hybridized carbons (Fsp3) is 0.333. The van der Waals surface area contributed by atoms with Crippen molar-refractivity contribution in [2.45, 2.75) is 25.3 Å². The van der Waals surface area contributed by atoms with E-state index in [0.29, 0.717) is 24.8 Å². The van der Waals surface area contributed by atoms with Crippen LogP contribution in [0.1, 0.15) is 39.7 Å².